The van der Waals surface area contributed by atoms with Gasteiger partial charge in [-0.2, -0.15) is 0 Å². The van der Waals surface area contributed by atoms with E-state index >= 15 is 4.39 Å². The van der Waals surface area contributed by atoms with Crippen LogP contribution >= 0.6 is 0 Å². The summed E-state index contributed by atoms with van der Waals surface area (Å²) in [6.07, 6.45) is 8.50. The van der Waals surface area contributed by atoms with E-state index in [4.69, 9.17) is 9.47 Å². The van der Waals surface area contributed by atoms with Crippen LogP contribution < -0.4 is 5.32 Å². The minimum absolute atomic E-state index is 0.0226. The zero-order chi connectivity index (χ0) is 32.4. The average molecular weight is 600 g/mol. The molecule has 2 atom stereocenters. The lowest BCUT2D eigenvalue weighted by Crippen LogP contribution is -2.63. The second kappa shape index (κ2) is 15.5. The number of carbonyl (C=O) groups is 3. The van der Waals surface area contributed by atoms with Crippen LogP contribution in [0.3, 0.4) is 0 Å². The van der Waals surface area contributed by atoms with E-state index in [0.29, 0.717) is 37.1 Å². The van der Waals surface area contributed by atoms with Crippen molar-refractivity contribution in [1.29, 1.82) is 0 Å². The number of hydrogen-bond acceptors (Lipinski definition) is 7. The van der Waals surface area contributed by atoms with Gasteiger partial charge >= 0.3 is 0 Å². The molecule has 236 valence electrons. The van der Waals surface area contributed by atoms with Gasteiger partial charge in [-0.1, -0.05) is 23.8 Å². The normalized spacial score (nSPS) is 18.8. The third kappa shape index (κ3) is 10.7. The third-order valence-electron chi connectivity index (χ3n) is 7.13. The number of allylic oxidation sites excluding steroid dienone is 4. The van der Waals surface area contributed by atoms with Crippen LogP contribution in [-0.2, 0) is 36.1 Å². The molecule has 0 spiro atoms. The molecule has 1 fully saturated rings. The fraction of sp³-hybridized carbons (Fsp3) is 0.531. The second-order valence-electron chi connectivity index (χ2n) is 12.5. The van der Waals surface area contributed by atoms with Crippen molar-refractivity contribution in [3.63, 3.8) is 0 Å². The fourth-order valence-corrected chi connectivity index (χ4v) is 5.21. The Balaban J connectivity index is 2.34. The molecule has 2 rings (SSSR count). The molecule has 1 aliphatic heterocycles. The van der Waals surface area contributed by atoms with Crippen molar-refractivity contribution in [2.24, 2.45) is 0 Å². The number of benzene rings is 1. The SMILES string of the molecule is BC(O)(c1ccc(F)c(COC(/C=C\C=C(C)C)=C\CN(C=O)C(CCC=O)C(=O)NC)c1)N1CC(C)(C)OC(C)(C)C1. The largest absolute Gasteiger partial charge is 0.489 e. The first-order valence-electron chi connectivity index (χ1n) is 14.5. The van der Waals surface area contributed by atoms with Gasteiger partial charge in [0.15, 0.2) is 7.85 Å². The van der Waals surface area contributed by atoms with Crippen molar-refractivity contribution in [3.8, 4) is 0 Å². The van der Waals surface area contributed by atoms with E-state index < -0.39 is 28.7 Å². The zero-order valence-corrected chi connectivity index (χ0v) is 26.8. The molecule has 43 heavy (non-hydrogen) atoms. The average Bonchev–Trinajstić information content (AvgIpc) is 2.91. The van der Waals surface area contributed by atoms with Crippen molar-refractivity contribution in [1.82, 2.24) is 15.1 Å². The summed E-state index contributed by atoms with van der Waals surface area (Å²) >= 11 is 0. The Morgan fingerprint density at radius 2 is 1.91 bits per heavy atom. The predicted molar refractivity (Wildman–Crippen MR) is 167 cm³/mol. The number of rotatable bonds is 15. The number of likely N-dealkylation sites (N-methyl/N-ethyl adjacent to an activating group) is 1. The van der Waals surface area contributed by atoms with E-state index in [-0.39, 0.29) is 37.5 Å². The Bertz CT molecular complexity index is 1210. The number of halogens is 1. The van der Waals surface area contributed by atoms with Crippen molar-refractivity contribution >= 4 is 26.4 Å². The first-order chi connectivity index (χ1) is 20.0. The molecular formula is C32H47BFN3O6. The quantitative estimate of drug-likeness (QED) is 0.138. The molecule has 2 unspecified atom stereocenters. The van der Waals surface area contributed by atoms with Gasteiger partial charge in [0.2, 0.25) is 12.3 Å². The number of amides is 2. The van der Waals surface area contributed by atoms with Gasteiger partial charge in [0.05, 0.1) is 11.2 Å². The zero-order valence-electron chi connectivity index (χ0n) is 26.8. The Morgan fingerprint density at radius 3 is 2.47 bits per heavy atom. The van der Waals surface area contributed by atoms with Crippen LogP contribution in [0.4, 0.5) is 4.39 Å². The molecule has 0 radical (unpaired) electrons. The molecule has 0 aliphatic carbocycles. The lowest BCUT2D eigenvalue weighted by molar-refractivity contribution is -0.218. The molecule has 0 bridgehead atoms. The highest BCUT2D eigenvalue weighted by atomic mass is 19.1. The lowest BCUT2D eigenvalue weighted by Gasteiger charge is -2.52. The van der Waals surface area contributed by atoms with Crippen LogP contribution in [0, 0.1) is 5.82 Å². The molecule has 2 amide bonds. The Labute approximate surface area is 256 Å². The van der Waals surface area contributed by atoms with E-state index in [9.17, 15) is 19.5 Å². The van der Waals surface area contributed by atoms with Gasteiger partial charge in [-0.05, 0) is 77.8 Å². The highest BCUT2D eigenvalue weighted by molar-refractivity contribution is 6.14. The van der Waals surface area contributed by atoms with Crippen molar-refractivity contribution in [3.05, 3.63) is 70.8 Å². The third-order valence-corrected chi connectivity index (χ3v) is 7.13. The number of carbonyl (C=O) groups excluding carboxylic acids is 3. The summed E-state index contributed by atoms with van der Waals surface area (Å²) in [5, 5.41) is 14.2. The molecule has 1 heterocycles. The standard InChI is InChI=1S/C32H47BFN3O6/c1-23(2)10-8-11-26(15-16-36(22-39)28(12-9-17-38)29(40)35-7)42-19-24-18-25(13-14-27(24)34)32(33,41)37-20-30(3,4)43-31(5,6)21-37/h8,10-11,13-15,17-18,22,28,41H,9,12,16,19-21,33H2,1-7H3,(H,35,40)/b11-8-,26-15-. The number of ether oxygens (including phenoxy) is 2. The van der Waals surface area contributed by atoms with Gasteiger partial charge < -0.3 is 29.6 Å². The Kier molecular flexibility index (Phi) is 12.9. The minimum Gasteiger partial charge on any atom is -0.489 e. The molecule has 1 aromatic rings. The number of hydrogen-bond donors (Lipinski definition) is 2. The monoisotopic (exact) mass is 599 g/mol. The van der Waals surface area contributed by atoms with Crippen molar-refractivity contribution in [2.45, 2.75) is 83.9 Å². The Hall–Kier alpha value is -3.28. The number of nitrogens with zero attached hydrogens (tertiary/aromatic N) is 2. The number of nitrogens with one attached hydrogen (secondary N) is 1. The molecular weight excluding hydrogens is 552 g/mol. The van der Waals surface area contributed by atoms with Crippen LogP contribution in [0.15, 0.2) is 53.8 Å². The van der Waals surface area contributed by atoms with Gasteiger partial charge in [0.25, 0.3) is 0 Å². The number of aliphatic hydroxyl groups is 1. The smallest absolute Gasteiger partial charge is 0.242 e. The van der Waals surface area contributed by atoms with E-state index in [1.165, 1.54) is 18.0 Å². The predicted octanol–water partition coefficient (Wildman–Crippen LogP) is 2.93. The van der Waals surface area contributed by atoms with Gasteiger partial charge in [-0.15, -0.1) is 0 Å². The van der Waals surface area contributed by atoms with E-state index in [0.717, 1.165) is 5.57 Å². The minimum atomic E-state index is -1.40. The molecule has 1 saturated heterocycles. The summed E-state index contributed by atoms with van der Waals surface area (Å²) in [6.45, 7) is 12.6. The maximum atomic E-state index is 15.0. The maximum absolute atomic E-state index is 15.0. The maximum Gasteiger partial charge on any atom is 0.242 e. The summed E-state index contributed by atoms with van der Waals surface area (Å²) in [5.74, 6) is -0.524. The van der Waals surface area contributed by atoms with Crippen LogP contribution in [0.1, 0.15) is 65.5 Å². The molecule has 9 nitrogen and oxygen atoms in total. The van der Waals surface area contributed by atoms with Crippen LogP contribution in [0.25, 0.3) is 0 Å². The highest BCUT2D eigenvalue weighted by Crippen LogP contribution is 2.35. The number of morpholine rings is 1. The van der Waals surface area contributed by atoms with Crippen molar-refractivity contribution < 1.29 is 33.4 Å². The molecule has 1 aliphatic rings. The lowest BCUT2D eigenvalue weighted by atomic mass is 9.79. The second-order valence-corrected chi connectivity index (χ2v) is 12.5. The number of aldehydes is 1. The summed E-state index contributed by atoms with van der Waals surface area (Å²) in [7, 11) is 3.16. The van der Waals surface area contributed by atoms with E-state index in [1.54, 1.807) is 38.2 Å². The molecule has 1 aromatic carbocycles. The van der Waals surface area contributed by atoms with Gasteiger partial charge in [0, 0.05) is 38.7 Å². The van der Waals surface area contributed by atoms with Gasteiger partial charge in [-0.25, -0.2) is 4.39 Å². The van der Waals surface area contributed by atoms with Gasteiger partial charge in [-0.3, -0.25) is 14.5 Å². The Morgan fingerprint density at radius 1 is 1.26 bits per heavy atom. The molecule has 0 saturated carbocycles. The fourth-order valence-electron chi connectivity index (χ4n) is 5.21. The van der Waals surface area contributed by atoms with Gasteiger partial charge in [0.1, 0.15) is 36.1 Å². The summed E-state index contributed by atoms with van der Waals surface area (Å²) in [4.78, 5) is 38.4. The van der Waals surface area contributed by atoms with Crippen LogP contribution in [-0.4, -0.2) is 85.3 Å². The molecule has 2 N–H and O–H groups in total. The van der Waals surface area contributed by atoms with Crippen LogP contribution in [0.5, 0.6) is 0 Å². The topological polar surface area (TPSA) is 108 Å². The molecule has 11 heteroatoms. The van der Waals surface area contributed by atoms with E-state index in [2.05, 4.69) is 5.32 Å². The summed E-state index contributed by atoms with van der Waals surface area (Å²) in [5.41, 5.74) is -0.573. The van der Waals surface area contributed by atoms with Crippen molar-refractivity contribution in [2.75, 3.05) is 26.7 Å². The molecule has 0 aromatic heterocycles. The van der Waals surface area contributed by atoms with Crippen LogP contribution in [0.2, 0.25) is 0 Å². The first kappa shape index (κ1) is 35.9. The highest BCUT2D eigenvalue weighted by Gasteiger charge is 2.44. The van der Waals surface area contributed by atoms with E-state index in [1.807, 2.05) is 52.5 Å². The summed E-state index contributed by atoms with van der Waals surface area (Å²) < 4.78 is 27.2. The summed E-state index contributed by atoms with van der Waals surface area (Å²) in [6, 6.07) is 3.65. The first-order valence-corrected chi connectivity index (χ1v) is 14.5.